The first-order valence-electron chi connectivity index (χ1n) is 5.90. The second kappa shape index (κ2) is 5.50. The Hall–Kier alpha value is -1.39. The van der Waals surface area contributed by atoms with Crippen LogP contribution in [0.3, 0.4) is 0 Å². The maximum absolute atomic E-state index is 5.94. The molecule has 1 aromatic heterocycles. The second-order valence-corrected chi connectivity index (χ2v) is 5.00. The maximum atomic E-state index is 5.94. The van der Waals surface area contributed by atoms with Crippen LogP contribution in [0.5, 0.6) is 0 Å². The van der Waals surface area contributed by atoms with Gasteiger partial charge in [-0.15, -0.1) is 0 Å². The molecule has 0 aliphatic rings. The van der Waals surface area contributed by atoms with Gasteiger partial charge in [0.2, 0.25) is 5.28 Å². The largest absolute Gasteiger partial charge is 0.366 e. The number of hydrogen-bond acceptors (Lipinski definition) is 4. The smallest absolute Gasteiger partial charge is 0.224 e. The summed E-state index contributed by atoms with van der Waals surface area (Å²) in [6, 6.07) is 8.13. The summed E-state index contributed by atoms with van der Waals surface area (Å²) in [7, 11) is 4.09. The highest BCUT2D eigenvalue weighted by Gasteiger charge is 2.09. The van der Waals surface area contributed by atoms with Gasteiger partial charge in [-0.1, -0.05) is 12.1 Å². The summed E-state index contributed by atoms with van der Waals surface area (Å²) in [4.78, 5) is 10.6. The minimum Gasteiger partial charge on any atom is -0.366 e. The molecule has 1 atom stereocenters. The van der Waals surface area contributed by atoms with E-state index in [9.17, 15) is 0 Å². The predicted octanol–water partition coefficient (Wildman–Crippen LogP) is 2.65. The maximum Gasteiger partial charge on any atom is 0.224 e. The molecular weight excluding hydrogens is 248 g/mol. The fraction of sp³-hybridized carbons (Fsp3) is 0.385. The van der Waals surface area contributed by atoms with Crippen LogP contribution in [0.4, 0.5) is 5.82 Å². The highest BCUT2D eigenvalue weighted by atomic mass is 35.5. The third-order valence-electron chi connectivity index (χ3n) is 2.60. The molecule has 0 fully saturated rings. The topological polar surface area (TPSA) is 41.0 Å². The number of halogens is 1. The zero-order chi connectivity index (χ0) is 13.1. The monoisotopic (exact) mass is 264 g/mol. The molecule has 0 aliphatic carbocycles. The Kier molecular flexibility index (Phi) is 3.99. The average Bonchev–Trinajstić information content (AvgIpc) is 2.27. The molecular formula is C13H17ClN4. The lowest BCUT2D eigenvalue weighted by molar-refractivity contribution is 0.392. The Morgan fingerprint density at radius 1 is 1.28 bits per heavy atom. The molecule has 2 aromatic rings. The van der Waals surface area contributed by atoms with Crippen molar-refractivity contribution in [3.05, 3.63) is 29.5 Å². The van der Waals surface area contributed by atoms with Crippen LogP contribution in [-0.4, -0.2) is 41.5 Å². The fourth-order valence-electron chi connectivity index (χ4n) is 1.99. The van der Waals surface area contributed by atoms with Crippen molar-refractivity contribution in [1.82, 2.24) is 14.9 Å². The number of anilines is 1. The first kappa shape index (κ1) is 13.1. The number of likely N-dealkylation sites (N-methyl/N-ethyl adjacent to an activating group) is 1. The molecule has 96 valence electrons. The van der Waals surface area contributed by atoms with Crippen LogP contribution in [0.15, 0.2) is 24.3 Å². The van der Waals surface area contributed by atoms with Crippen molar-refractivity contribution in [2.24, 2.45) is 0 Å². The van der Waals surface area contributed by atoms with Crippen LogP contribution >= 0.6 is 11.6 Å². The number of hydrogen-bond donors (Lipinski definition) is 1. The standard InChI is InChI=1S/C13H17ClN4/c1-9(8-18(2)3)15-12-10-6-4-5-7-11(10)16-13(14)17-12/h4-7,9H,8H2,1-3H3,(H,15,16,17). The quantitative estimate of drug-likeness (QED) is 0.862. The third-order valence-corrected chi connectivity index (χ3v) is 2.77. The van der Waals surface area contributed by atoms with Gasteiger partial charge in [0.05, 0.1) is 5.52 Å². The number of nitrogens with zero attached hydrogens (tertiary/aromatic N) is 3. The fourth-order valence-corrected chi connectivity index (χ4v) is 2.16. The zero-order valence-electron chi connectivity index (χ0n) is 10.8. The highest BCUT2D eigenvalue weighted by Crippen LogP contribution is 2.22. The first-order chi connectivity index (χ1) is 8.56. The van der Waals surface area contributed by atoms with E-state index in [1.807, 2.05) is 38.4 Å². The second-order valence-electron chi connectivity index (χ2n) is 4.67. The summed E-state index contributed by atoms with van der Waals surface area (Å²) in [5.74, 6) is 0.792. The van der Waals surface area contributed by atoms with Gasteiger partial charge in [-0.05, 0) is 44.8 Å². The Labute approximate surface area is 112 Å². The normalized spacial score (nSPS) is 12.9. The van der Waals surface area contributed by atoms with Crippen LogP contribution in [0.2, 0.25) is 5.28 Å². The molecule has 18 heavy (non-hydrogen) atoms. The molecule has 1 aromatic carbocycles. The third kappa shape index (κ3) is 3.09. The lowest BCUT2D eigenvalue weighted by Crippen LogP contribution is -2.30. The SMILES string of the molecule is CC(CN(C)C)Nc1nc(Cl)nc2ccccc12. The van der Waals surface area contributed by atoms with Crippen molar-refractivity contribution in [1.29, 1.82) is 0 Å². The molecule has 0 bridgehead atoms. The molecule has 1 heterocycles. The van der Waals surface area contributed by atoms with Crippen molar-refractivity contribution >= 4 is 28.3 Å². The number of benzene rings is 1. The van der Waals surface area contributed by atoms with Crippen LogP contribution in [0.25, 0.3) is 10.9 Å². The molecule has 0 amide bonds. The molecule has 0 radical (unpaired) electrons. The van der Waals surface area contributed by atoms with Gasteiger partial charge in [0.1, 0.15) is 5.82 Å². The van der Waals surface area contributed by atoms with E-state index in [0.29, 0.717) is 0 Å². The minimum atomic E-state index is 0.272. The van der Waals surface area contributed by atoms with Gasteiger partial charge >= 0.3 is 0 Å². The van der Waals surface area contributed by atoms with Crippen molar-refractivity contribution in [2.75, 3.05) is 26.0 Å². The van der Waals surface area contributed by atoms with Gasteiger partial charge < -0.3 is 10.2 Å². The summed E-state index contributed by atoms with van der Waals surface area (Å²) in [5.41, 5.74) is 0.858. The molecule has 0 aliphatic heterocycles. The summed E-state index contributed by atoms with van der Waals surface area (Å²) in [6.07, 6.45) is 0. The van der Waals surface area contributed by atoms with E-state index in [0.717, 1.165) is 23.3 Å². The number of nitrogens with one attached hydrogen (secondary N) is 1. The van der Waals surface area contributed by atoms with E-state index in [2.05, 4.69) is 27.1 Å². The Morgan fingerprint density at radius 3 is 2.72 bits per heavy atom. The highest BCUT2D eigenvalue weighted by molar-refractivity contribution is 6.28. The number of rotatable bonds is 4. The van der Waals surface area contributed by atoms with Crippen molar-refractivity contribution in [2.45, 2.75) is 13.0 Å². The number of aromatic nitrogens is 2. The summed E-state index contributed by atoms with van der Waals surface area (Å²) in [6.45, 7) is 3.04. The van der Waals surface area contributed by atoms with E-state index in [-0.39, 0.29) is 11.3 Å². The van der Waals surface area contributed by atoms with Gasteiger partial charge in [-0.25, -0.2) is 9.97 Å². The van der Waals surface area contributed by atoms with Gasteiger partial charge in [-0.2, -0.15) is 0 Å². The predicted molar refractivity (Wildman–Crippen MR) is 76.2 cm³/mol. The van der Waals surface area contributed by atoms with E-state index < -0.39 is 0 Å². The molecule has 0 spiro atoms. The number of fused-ring (bicyclic) bond motifs is 1. The van der Waals surface area contributed by atoms with Gasteiger partial charge in [0, 0.05) is 18.0 Å². The van der Waals surface area contributed by atoms with Gasteiger partial charge in [0.25, 0.3) is 0 Å². The van der Waals surface area contributed by atoms with E-state index in [1.165, 1.54) is 0 Å². The van der Waals surface area contributed by atoms with Gasteiger partial charge in [-0.3, -0.25) is 0 Å². The molecule has 5 heteroatoms. The molecule has 1 unspecified atom stereocenters. The Balaban J connectivity index is 2.32. The Bertz CT molecular complexity index is 542. The minimum absolute atomic E-state index is 0.272. The van der Waals surface area contributed by atoms with Crippen molar-refractivity contribution < 1.29 is 0 Å². The molecule has 4 nitrogen and oxygen atoms in total. The van der Waals surface area contributed by atoms with Crippen LogP contribution in [0.1, 0.15) is 6.92 Å². The molecule has 1 N–H and O–H groups in total. The lowest BCUT2D eigenvalue weighted by Gasteiger charge is -2.19. The van der Waals surface area contributed by atoms with Crippen LogP contribution in [-0.2, 0) is 0 Å². The zero-order valence-corrected chi connectivity index (χ0v) is 11.6. The summed E-state index contributed by atoms with van der Waals surface area (Å²) < 4.78 is 0. The Morgan fingerprint density at radius 2 is 2.00 bits per heavy atom. The summed E-state index contributed by atoms with van der Waals surface area (Å²) in [5, 5.41) is 4.64. The van der Waals surface area contributed by atoms with Crippen molar-refractivity contribution in [3.8, 4) is 0 Å². The summed E-state index contributed by atoms with van der Waals surface area (Å²) >= 11 is 5.94. The molecule has 0 saturated heterocycles. The van der Waals surface area contributed by atoms with E-state index in [4.69, 9.17) is 11.6 Å². The molecule has 0 saturated carbocycles. The number of para-hydroxylation sites is 1. The van der Waals surface area contributed by atoms with E-state index >= 15 is 0 Å². The van der Waals surface area contributed by atoms with Crippen molar-refractivity contribution in [3.63, 3.8) is 0 Å². The lowest BCUT2D eigenvalue weighted by atomic mass is 10.2. The first-order valence-corrected chi connectivity index (χ1v) is 6.27. The molecule has 2 rings (SSSR count). The van der Waals surface area contributed by atoms with E-state index in [1.54, 1.807) is 0 Å². The van der Waals surface area contributed by atoms with Gasteiger partial charge in [0.15, 0.2) is 0 Å². The van der Waals surface area contributed by atoms with Crippen LogP contribution < -0.4 is 5.32 Å². The average molecular weight is 265 g/mol. The van der Waals surface area contributed by atoms with Crippen LogP contribution in [0, 0.1) is 0 Å².